The number of hydrogen-bond donors (Lipinski definition) is 1. The number of aliphatic hydroxyl groups is 1. The van der Waals surface area contributed by atoms with Crippen LogP contribution in [-0.2, 0) is 13.0 Å². The van der Waals surface area contributed by atoms with E-state index in [2.05, 4.69) is 41.9 Å². The molecule has 110 valence electrons. The average molecular weight is 282 g/mol. The number of pyridine rings is 1. The second-order valence-corrected chi connectivity index (χ2v) is 5.23. The van der Waals surface area contributed by atoms with E-state index in [1.54, 1.807) is 13.1 Å². The Labute approximate surface area is 126 Å². The molecule has 0 spiro atoms. The third kappa shape index (κ3) is 4.72. The normalized spacial score (nSPS) is 11.9. The van der Waals surface area contributed by atoms with Crippen molar-refractivity contribution in [2.24, 2.45) is 0 Å². The average Bonchev–Trinajstić information content (AvgIpc) is 2.49. The quantitative estimate of drug-likeness (QED) is 0.848. The minimum Gasteiger partial charge on any atom is -0.392 e. The first-order chi connectivity index (χ1) is 10.2. The van der Waals surface area contributed by atoms with Crippen molar-refractivity contribution in [2.75, 3.05) is 6.54 Å². The molecule has 0 radical (unpaired) electrons. The number of hydrogen-bond acceptors (Lipinski definition) is 3. The number of benzene rings is 1. The van der Waals surface area contributed by atoms with Crippen molar-refractivity contribution in [3.8, 4) is 0 Å². The number of aromatic nitrogens is 1. The first kappa shape index (κ1) is 15.3. The van der Waals surface area contributed by atoms with Gasteiger partial charge in [-0.15, -0.1) is 0 Å². The zero-order chi connectivity index (χ0) is 15.1. The van der Waals surface area contributed by atoms with Gasteiger partial charge in [-0.1, -0.05) is 43.0 Å². The molecule has 2 rings (SSSR count). The smallest absolute Gasteiger partial charge is 0.0686 e. The van der Waals surface area contributed by atoms with E-state index in [4.69, 9.17) is 0 Å². The van der Waals surface area contributed by atoms with Crippen LogP contribution in [0.3, 0.4) is 0 Å². The molecule has 1 heterocycles. The summed E-state index contributed by atoms with van der Waals surface area (Å²) in [7, 11) is 0. The Hall–Kier alpha value is -2.13. The van der Waals surface area contributed by atoms with Gasteiger partial charge in [0.2, 0.25) is 0 Å². The Morgan fingerprint density at radius 2 is 2.00 bits per heavy atom. The number of nitrogens with zero attached hydrogens (tertiary/aromatic N) is 2. The summed E-state index contributed by atoms with van der Waals surface area (Å²) in [5.74, 6) is 0. The van der Waals surface area contributed by atoms with E-state index in [0.29, 0.717) is 13.1 Å². The second kappa shape index (κ2) is 7.60. The zero-order valence-corrected chi connectivity index (χ0v) is 12.4. The number of aliphatic hydroxyl groups excluding tert-OH is 1. The summed E-state index contributed by atoms with van der Waals surface area (Å²) in [5.41, 5.74) is 3.51. The molecule has 1 N–H and O–H groups in total. The van der Waals surface area contributed by atoms with E-state index in [0.717, 1.165) is 12.1 Å². The van der Waals surface area contributed by atoms with Crippen molar-refractivity contribution in [1.82, 2.24) is 9.88 Å². The van der Waals surface area contributed by atoms with Crippen LogP contribution in [0.2, 0.25) is 0 Å². The molecule has 2 aromatic rings. The third-order valence-corrected chi connectivity index (χ3v) is 3.33. The topological polar surface area (TPSA) is 36.4 Å². The Kier molecular flexibility index (Phi) is 5.52. The Morgan fingerprint density at radius 1 is 1.24 bits per heavy atom. The molecule has 3 heteroatoms. The molecule has 0 saturated carbocycles. The fourth-order valence-corrected chi connectivity index (χ4v) is 2.33. The minimum absolute atomic E-state index is 0.385. The molecule has 0 aliphatic carbocycles. The maximum Gasteiger partial charge on any atom is 0.0686 e. The minimum atomic E-state index is -0.385. The monoisotopic (exact) mass is 282 g/mol. The molecule has 0 amide bonds. The van der Waals surface area contributed by atoms with E-state index in [1.807, 2.05) is 23.2 Å². The molecule has 1 unspecified atom stereocenters. The highest BCUT2D eigenvalue weighted by atomic mass is 16.3. The van der Waals surface area contributed by atoms with E-state index in [1.165, 1.54) is 11.1 Å². The van der Waals surface area contributed by atoms with Gasteiger partial charge in [0.25, 0.3) is 0 Å². The third-order valence-electron chi connectivity index (χ3n) is 3.33. The van der Waals surface area contributed by atoms with Crippen LogP contribution in [0.1, 0.15) is 23.7 Å². The van der Waals surface area contributed by atoms with Crippen LogP contribution in [-0.4, -0.2) is 27.6 Å². The van der Waals surface area contributed by atoms with Gasteiger partial charge < -0.3 is 10.0 Å². The summed E-state index contributed by atoms with van der Waals surface area (Å²) in [6.45, 7) is 6.81. The van der Waals surface area contributed by atoms with Crippen LogP contribution in [0.25, 0.3) is 0 Å². The van der Waals surface area contributed by atoms with Gasteiger partial charge in [0.15, 0.2) is 0 Å². The lowest BCUT2D eigenvalue weighted by Gasteiger charge is -2.22. The highest BCUT2D eigenvalue weighted by Crippen LogP contribution is 2.14. The molecule has 1 aromatic heterocycles. The lowest BCUT2D eigenvalue weighted by molar-refractivity contribution is 0.148. The number of rotatable bonds is 7. The molecule has 21 heavy (non-hydrogen) atoms. The van der Waals surface area contributed by atoms with Gasteiger partial charge >= 0.3 is 0 Å². The van der Waals surface area contributed by atoms with Crippen molar-refractivity contribution in [3.63, 3.8) is 0 Å². The van der Waals surface area contributed by atoms with Crippen molar-refractivity contribution < 1.29 is 5.11 Å². The summed E-state index contributed by atoms with van der Waals surface area (Å²) in [6.07, 6.45) is 4.05. The van der Waals surface area contributed by atoms with Crippen molar-refractivity contribution in [3.05, 3.63) is 78.3 Å². The Balaban J connectivity index is 2.14. The standard InChI is InChI=1S/C18H22N2O/c1-3-20(13-15(2)21)14-18-17(10-7-11-19-18)12-16-8-5-4-6-9-16/h3-11,15,21H,1,12-14H2,2H3. The van der Waals surface area contributed by atoms with Crippen LogP contribution in [0.15, 0.2) is 61.4 Å². The van der Waals surface area contributed by atoms with Gasteiger partial charge in [-0.05, 0) is 36.7 Å². The molecule has 1 atom stereocenters. The van der Waals surface area contributed by atoms with E-state index >= 15 is 0 Å². The predicted molar refractivity (Wildman–Crippen MR) is 85.8 cm³/mol. The summed E-state index contributed by atoms with van der Waals surface area (Å²) < 4.78 is 0. The SMILES string of the molecule is C=CN(Cc1ncccc1Cc1ccccc1)CC(C)O. The van der Waals surface area contributed by atoms with Gasteiger partial charge in [-0.25, -0.2) is 0 Å². The van der Waals surface area contributed by atoms with Crippen LogP contribution in [0.4, 0.5) is 0 Å². The molecular formula is C18H22N2O. The van der Waals surface area contributed by atoms with Crippen LogP contribution in [0.5, 0.6) is 0 Å². The van der Waals surface area contributed by atoms with Gasteiger partial charge in [-0.3, -0.25) is 4.98 Å². The summed E-state index contributed by atoms with van der Waals surface area (Å²) in [4.78, 5) is 6.49. The maximum atomic E-state index is 9.53. The molecule has 0 fully saturated rings. The Morgan fingerprint density at radius 3 is 2.67 bits per heavy atom. The van der Waals surface area contributed by atoms with Crippen LogP contribution >= 0.6 is 0 Å². The van der Waals surface area contributed by atoms with E-state index in [9.17, 15) is 5.11 Å². The molecule has 0 aliphatic rings. The first-order valence-corrected chi connectivity index (χ1v) is 7.20. The highest BCUT2D eigenvalue weighted by Gasteiger charge is 2.09. The fourth-order valence-electron chi connectivity index (χ4n) is 2.33. The molecule has 1 aromatic carbocycles. The fraction of sp³-hybridized carbons (Fsp3) is 0.278. The van der Waals surface area contributed by atoms with Gasteiger partial charge in [0.05, 0.1) is 18.3 Å². The molecular weight excluding hydrogens is 260 g/mol. The summed E-state index contributed by atoms with van der Waals surface area (Å²) >= 11 is 0. The van der Waals surface area contributed by atoms with E-state index < -0.39 is 0 Å². The van der Waals surface area contributed by atoms with Crippen LogP contribution < -0.4 is 0 Å². The second-order valence-electron chi connectivity index (χ2n) is 5.23. The highest BCUT2D eigenvalue weighted by molar-refractivity contribution is 5.28. The summed E-state index contributed by atoms with van der Waals surface area (Å²) in [6, 6.07) is 14.4. The Bertz CT molecular complexity index is 566. The molecule has 0 aliphatic heterocycles. The predicted octanol–water partition coefficient (Wildman–Crippen LogP) is 3.00. The zero-order valence-electron chi connectivity index (χ0n) is 12.4. The van der Waals surface area contributed by atoms with Crippen molar-refractivity contribution in [1.29, 1.82) is 0 Å². The largest absolute Gasteiger partial charge is 0.392 e. The van der Waals surface area contributed by atoms with Gasteiger partial charge in [0.1, 0.15) is 0 Å². The van der Waals surface area contributed by atoms with Crippen LogP contribution in [0, 0.1) is 0 Å². The summed E-state index contributed by atoms with van der Waals surface area (Å²) in [5, 5.41) is 9.53. The van der Waals surface area contributed by atoms with Crippen molar-refractivity contribution in [2.45, 2.75) is 26.0 Å². The molecule has 0 saturated heterocycles. The molecule has 0 bridgehead atoms. The lowest BCUT2D eigenvalue weighted by atomic mass is 10.0. The van der Waals surface area contributed by atoms with E-state index in [-0.39, 0.29) is 6.10 Å². The first-order valence-electron chi connectivity index (χ1n) is 7.20. The molecule has 3 nitrogen and oxygen atoms in total. The van der Waals surface area contributed by atoms with Crippen molar-refractivity contribution >= 4 is 0 Å². The maximum absolute atomic E-state index is 9.53. The van der Waals surface area contributed by atoms with Gasteiger partial charge in [0, 0.05) is 12.7 Å². The lowest BCUT2D eigenvalue weighted by Crippen LogP contribution is -2.26. The van der Waals surface area contributed by atoms with Gasteiger partial charge in [-0.2, -0.15) is 0 Å².